The maximum atomic E-state index is 13.9. The normalized spacial score (nSPS) is 11.3. The van der Waals surface area contributed by atoms with Gasteiger partial charge in [0.2, 0.25) is 0 Å². The van der Waals surface area contributed by atoms with E-state index in [1.165, 1.54) is 17.0 Å². The van der Waals surface area contributed by atoms with Crippen LogP contribution >= 0.6 is 0 Å². The number of hydrazone groups is 1. The van der Waals surface area contributed by atoms with Crippen molar-refractivity contribution >= 4 is 22.9 Å². The predicted molar refractivity (Wildman–Crippen MR) is 111 cm³/mol. The molecule has 8 heteroatoms. The van der Waals surface area contributed by atoms with Crippen LogP contribution in [-0.2, 0) is 6.54 Å². The first kappa shape index (κ1) is 19.3. The number of hydrogen-bond acceptors (Lipinski definition) is 5. The molecule has 0 saturated heterocycles. The molecule has 0 aliphatic heterocycles. The molecule has 0 radical (unpaired) electrons. The second-order valence-corrected chi connectivity index (χ2v) is 6.40. The lowest BCUT2D eigenvalue weighted by atomic mass is 10.1. The number of aryl methyl sites for hydroxylation is 1. The quantitative estimate of drug-likeness (QED) is 0.407. The molecule has 0 saturated carbocycles. The molecule has 0 aliphatic rings. The van der Waals surface area contributed by atoms with Gasteiger partial charge in [-0.2, -0.15) is 10.2 Å². The van der Waals surface area contributed by atoms with Crippen molar-refractivity contribution in [2.24, 2.45) is 5.10 Å². The zero-order valence-electron chi connectivity index (χ0n) is 16.0. The maximum absolute atomic E-state index is 13.9. The number of halogens is 1. The van der Waals surface area contributed by atoms with Gasteiger partial charge < -0.3 is 4.42 Å². The number of nitrogens with one attached hydrogen (secondary N) is 1. The molecule has 150 valence electrons. The number of aromatic nitrogens is 2. The lowest BCUT2D eigenvalue weighted by molar-refractivity contribution is 0.0949. The Morgan fingerprint density at radius 3 is 2.63 bits per heavy atom. The highest BCUT2D eigenvalue weighted by molar-refractivity contribution is 6.04. The number of carbonyl (C=O) groups excluding carboxylic acids is 1. The van der Waals surface area contributed by atoms with Crippen LogP contribution < -0.4 is 11.0 Å². The molecule has 0 bridgehead atoms. The number of furan rings is 1. The summed E-state index contributed by atoms with van der Waals surface area (Å²) >= 11 is 0. The molecule has 4 aromatic rings. The average molecular weight is 404 g/mol. The Morgan fingerprint density at radius 1 is 1.13 bits per heavy atom. The fourth-order valence-electron chi connectivity index (χ4n) is 3.05. The highest BCUT2D eigenvalue weighted by atomic mass is 19.1. The van der Waals surface area contributed by atoms with Crippen LogP contribution in [0.2, 0.25) is 0 Å². The minimum absolute atomic E-state index is 0.0932. The summed E-state index contributed by atoms with van der Waals surface area (Å²) in [6.45, 7) is 2.10. The fraction of sp³-hybridized carbons (Fsp3) is 0.0909. The summed E-state index contributed by atoms with van der Waals surface area (Å²) in [7, 11) is 0. The number of amides is 1. The van der Waals surface area contributed by atoms with Gasteiger partial charge in [-0.15, -0.1) is 0 Å². The Kier molecular flexibility index (Phi) is 5.21. The smallest absolute Gasteiger partial charge is 0.292 e. The van der Waals surface area contributed by atoms with Gasteiger partial charge in [0.25, 0.3) is 11.5 Å². The Bertz CT molecular complexity index is 1320. The SMILES string of the molecule is CCn1nc(C(=O)N/N=C\c2ccc(-c3ccccc3F)o2)c2ccccc2c1=O. The van der Waals surface area contributed by atoms with E-state index >= 15 is 0 Å². The van der Waals surface area contributed by atoms with E-state index < -0.39 is 11.7 Å². The summed E-state index contributed by atoms with van der Waals surface area (Å²) in [5, 5.41) is 8.89. The molecule has 2 heterocycles. The Balaban J connectivity index is 1.56. The minimum Gasteiger partial charge on any atom is -0.455 e. The predicted octanol–water partition coefficient (Wildman–Crippen LogP) is 3.58. The van der Waals surface area contributed by atoms with Gasteiger partial charge in [-0.25, -0.2) is 14.5 Å². The van der Waals surface area contributed by atoms with Crippen LogP contribution in [0.25, 0.3) is 22.1 Å². The molecule has 0 aliphatic carbocycles. The molecule has 0 atom stereocenters. The molecule has 4 rings (SSSR count). The number of hydrogen-bond donors (Lipinski definition) is 1. The molecule has 1 N–H and O–H groups in total. The number of rotatable bonds is 5. The van der Waals surface area contributed by atoms with Crippen LogP contribution in [0, 0.1) is 5.82 Å². The Morgan fingerprint density at radius 2 is 1.87 bits per heavy atom. The molecule has 1 amide bonds. The Hall–Kier alpha value is -4.07. The van der Waals surface area contributed by atoms with Crippen molar-refractivity contribution < 1.29 is 13.6 Å². The second kappa shape index (κ2) is 8.12. The molecule has 0 fully saturated rings. The number of nitrogens with zero attached hydrogens (tertiary/aromatic N) is 3. The van der Waals surface area contributed by atoms with E-state index in [-0.39, 0.29) is 11.3 Å². The first-order chi connectivity index (χ1) is 14.6. The number of benzene rings is 2. The molecule has 2 aromatic heterocycles. The van der Waals surface area contributed by atoms with E-state index in [1.54, 1.807) is 61.5 Å². The van der Waals surface area contributed by atoms with Crippen molar-refractivity contribution in [3.8, 4) is 11.3 Å². The zero-order chi connectivity index (χ0) is 21.1. The molecule has 0 unspecified atom stereocenters. The van der Waals surface area contributed by atoms with Gasteiger partial charge in [0, 0.05) is 11.9 Å². The van der Waals surface area contributed by atoms with Crippen molar-refractivity contribution in [3.63, 3.8) is 0 Å². The first-order valence-corrected chi connectivity index (χ1v) is 9.26. The van der Waals surface area contributed by atoms with Crippen molar-refractivity contribution in [1.29, 1.82) is 0 Å². The van der Waals surface area contributed by atoms with E-state index in [4.69, 9.17) is 4.42 Å². The molecular formula is C22H17FN4O3. The lowest BCUT2D eigenvalue weighted by Crippen LogP contribution is -2.28. The molecule has 30 heavy (non-hydrogen) atoms. The van der Waals surface area contributed by atoms with Gasteiger partial charge in [-0.05, 0) is 37.3 Å². The summed E-state index contributed by atoms with van der Waals surface area (Å²) in [5.74, 6) is -0.272. The minimum atomic E-state index is -0.564. The summed E-state index contributed by atoms with van der Waals surface area (Å²) in [4.78, 5) is 25.0. The highest BCUT2D eigenvalue weighted by Crippen LogP contribution is 2.24. The van der Waals surface area contributed by atoms with Gasteiger partial charge in [0.15, 0.2) is 5.69 Å². The van der Waals surface area contributed by atoms with Crippen LogP contribution in [0.4, 0.5) is 4.39 Å². The summed E-state index contributed by atoms with van der Waals surface area (Å²) in [5.41, 5.74) is 2.55. The molecule has 0 spiro atoms. The molecule has 7 nitrogen and oxygen atoms in total. The third-order valence-electron chi connectivity index (χ3n) is 4.51. The maximum Gasteiger partial charge on any atom is 0.292 e. The average Bonchev–Trinajstić information content (AvgIpc) is 3.23. The standard InChI is InChI=1S/C22H17FN4O3/c1-2-27-22(29)16-8-4-3-7-15(16)20(26-27)21(28)25-24-13-14-11-12-19(30-14)17-9-5-6-10-18(17)23/h3-13H,2H2,1H3,(H,25,28)/b24-13-. The van der Waals surface area contributed by atoms with Gasteiger partial charge in [-0.3, -0.25) is 9.59 Å². The second-order valence-electron chi connectivity index (χ2n) is 6.40. The van der Waals surface area contributed by atoms with Crippen LogP contribution in [0.5, 0.6) is 0 Å². The monoisotopic (exact) mass is 404 g/mol. The summed E-state index contributed by atoms with van der Waals surface area (Å²) in [6.07, 6.45) is 1.31. The topological polar surface area (TPSA) is 89.5 Å². The lowest BCUT2D eigenvalue weighted by Gasteiger charge is -2.08. The van der Waals surface area contributed by atoms with Crippen molar-refractivity contribution in [2.45, 2.75) is 13.5 Å². The third kappa shape index (κ3) is 3.62. The van der Waals surface area contributed by atoms with Crippen molar-refractivity contribution in [3.05, 3.63) is 88.3 Å². The van der Waals surface area contributed by atoms with E-state index in [0.29, 0.717) is 34.4 Å². The van der Waals surface area contributed by atoms with Crippen LogP contribution in [0.1, 0.15) is 23.2 Å². The van der Waals surface area contributed by atoms with Gasteiger partial charge in [-0.1, -0.05) is 30.3 Å². The number of carbonyl (C=O) groups is 1. The summed E-state index contributed by atoms with van der Waals surface area (Å²) in [6, 6.07) is 16.3. The van der Waals surface area contributed by atoms with E-state index in [9.17, 15) is 14.0 Å². The van der Waals surface area contributed by atoms with E-state index in [0.717, 1.165) is 0 Å². The van der Waals surface area contributed by atoms with Gasteiger partial charge in [0.05, 0.1) is 17.2 Å². The van der Waals surface area contributed by atoms with E-state index in [1.807, 2.05) is 0 Å². The van der Waals surface area contributed by atoms with Crippen molar-refractivity contribution in [1.82, 2.24) is 15.2 Å². The number of fused-ring (bicyclic) bond motifs is 1. The Labute approximate surface area is 170 Å². The van der Waals surface area contributed by atoms with Crippen LogP contribution in [0.3, 0.4) is 0 Å². The molecule has 2 aromatic carbocycles. The fourth-order valence-corrected chi connectivity index (χ4v) is 3.05. The largest absolute Gasteiger partial charge is 0.455 e. The molecular weight excluding hydrogens is 387 g/mol. The van der Waals surface area contributed by atoms with Crippen LogP contribution in [-0.4, -0.2) is 21.9 Å². The first-order valence-electron chi connectivity index (χ1n) is 9.26. The zero-order valence-corrected chi connectivity index (χ0v) is 16.0. The van der Waals surface area contributed by atoms with Gasteiger partial charge >= 0.3 is 0 Å². The van der Waals surface area contributed by atoms with Crippen molar-refractivity contribution in [2.75, 3.05) is 0 Å². The third-order valence-corrected chi connectivity index (χ3v) is 4.51. The van der Waals surface area contributed by atoms with Gasteiger partial charge in [0.1, 0.15) is 17.3 Å². The summed E-state index contributed by atoms with van der Waals surface area (Å²) < 4.78 is 20.7. The highest BCUT2D eigenvalue weighted by Gasteiger charge is 2.16. The van der Waals surface area contributed by atoms with Crippen LogP contribution in [0.15, 0.2) is 75.0 Å². The van der Waals surface area contributed by atoms with E-state index in [2.05, 4.69) is 15.6 Å².